The molecule has 7 heteroatoms. The molecule has 0 aromatic rings. The van der Waals surface area contributed by atoms with Crippen molar-refractivity contribution in [2.75, 3.05) is 6.54 Å². The van der Waals surface area contributed by atoms with E-state index in [1.807, 2.05) is 0 Å². The molecule has 0 aliphatic rings. The van der Waals surface area contributed by atoms with Gasteiger partial charge < -0.3 is 10.4 Å². The van der Waals surface area contributed by atoms with Gasteiger partial charge in [-0.2, -0.15) is 0 Å². The van der Waals surface area contributed by atoms with E-state index in [2.05, 4.69) is 16.0 Å². The fraction of sp³-hybridized carbons (Fsp3) is 0.667. The third-order valence-electron chi connectivity index (χ3n) is 1.61. The molecule has 0 radical (unpaired) electrons. The predicted octanol–water partition coefficient (Wildman–Crippen LogP) is -0.717. The second-order valence-corrected chi connectivity index (χ2v) is 3.62. The number of amides is 3. The lowest BCUT2D eigenvalue weighted by Crippen LogP contribution is -2.47. The Morgan fingerprint density at radius 2 is 1.75 bits per heavy atom. The number of hydrogen-bond donors (Lipinski definition) is 4. The topological polar surface area (TPSA) is 108 Å². The van der Waals surface area contributed by atoms with E-state index in [1.54, 1.807) is 13.8 Å². The maximum absolute atomic E-state index is 11.1. The summed E-state index contributed by atoms with van der Waals surface area (Å²) in [5.74, 6) is -1.63. The molecule has 0 spiro atoms. The summed E-state index contributed by atoms with van der Waals surface area (Å²) >= 11 is 0. The van der Waals surface area contributed by atoms with Gasteiger partial charge in [-0.25, -0.2) is 4.79 Å². The first kappa shape index (κ1) is 14.4. The van der Waals surface area contributed by atoms with E-state index in [9.17, 15) is 14.4 Å². The first-order valence-corrected chi connectivity index (χ1v) is 4.89. The quantitative estimate of drug-likeness (QED) is 0.499. The highest BCUT2D eigenvalue weighted by Gasteiger charge is 2.13. The molecule has 3 amide bonds. The molecule has 0 unspecified atom stereocenters. The molecule has 0 rings (SSSR count). The number of imide groups is 1. The van der Waals surface area contributed by atoms with E-state index in [0.717, 1.165) is 0 Å². The van der Waals surface area contributed by atoms with Crippen LogP contribution in [0.4, 0.5) is 4.79 Å². The van der Waals surface area contributed by atoms with Crippen LogP contribution in [0.5, 0.6) is 0 Å². The lowest BCUT2D eigenvalue weighted by atomic mass is 10.3. The van der Waals surface area contributed by atoms with Gasteiger partial charge in [0, 0.05) is 6.04 Å². The molecule has 4 N–H and O–H groups in total. The molecule has 0 fully saturated rings. The second-order valence-electron chi connectivity index (χ2n) is 3.62. The fourth-order valence-corrected chi connectivity index (χ4v) is 0.802. The van der Waals surface area contributed by atoms with Gasteiger partial charge in [0.25, 0.3) is 0 Å². The van der Waals surface area contributed by atoms with E-state index in [4.69, 9.17) is 5.11 Å². The third-order valence-corrected chi connectivity index (χ3v) is 1.61. The van der Waals surface area contributed by atoms with E-state index in [1.165, 1.54) is 6.92 Å². The van der Waals surface area contributed by atoms with Gasteiger partial charge in [-0.3, -0.25) is 20.2 Å². The average molecular weight is 231 g/mol. The Balaban J connectivity index is 3.83. The predicted molar refractivity (Wildman–Crippen MR) is 56.9 cm³/mol. The minimum Gasteiger partial charge on any atom is -0.480 e. The molecule has 92 valence electrons. The molecule has 0 aliphatic heterocycles. The van der Waals surface area contributed by atoms with E-state index >= 15 is 0 Å². The van der Waals surface area contributed by atoms with Crippen LogP contribution >= 0.6 is 0 Å². The Morgan fingerprint density at radius 3 is 2.19 bits per heavy atom. The van der Waals surface area contributed by atoms with Gasteiger partial charge >= 0.3 is 12.0 Å². The van der Waals surface area contributed by atoms with Crippen LogP contribution in [0.1, 0.15) is 20.8 Å². The van der Waals surface area contributed by atoms with Crippen molar-refractivity contribution < 1.29 is 19.5 Å². The van der Waals surface area contributed by atoms with Gasteiger partial charge in [0.05, 0.1) is 6.54 Å². The van der Waals surface area contributed by atoms with E-state index < -0.39 is 23.9 Å². The monoisotopic (exact) mass is 231 g/mol. The lowest BCUT2D eigenvalue weighted by molar-refractivity contribution is -0.139. The van der Waals surface area contributed by atoms with Gasteiger partial charge in [-0.15, -0.1) is 0 Å². The first-order chi connectivity index (χ1) is 7.32. The van der Waals surface area contributed by atoms with Gasteiger partial charge in [0.15, 0.2) is 0 Å². The molecule has 0 aromatic carbocycles. The van der Waals surface area contributed by atoms with E-state index in [0.29, 0.717) is 0 Å². The van der Waals surface area contributed by atoms with Crippen molar-refractivity contribution in [2.24, 2.45) is 0 Å². The smallest absolute Gasteiger partial charge is 0.321 e. The van der Waals surface area contributed by atoms with Crippen LogP contribution < -0.4 is 16.0 Å². The summed E-state index contributed by atoms with van der Waals surface area (Å²) in [6, 6.07) is -1.50. The van der Waals surface area contributed by atoms with Crippen molar-refractivity contribution in [1.29, 1.82) is 0 Å². The van der Waals surface area contributed by atoms with Crippen LogP contribution in [-0.4, -0.2) is 41.6 Å². The normalized spacial score (nSPS) is 12.0. The maximum atomic E-state index is 11.1. The zero-order valence-corrected chi connectivity index (χ0v) is 9.53. The summed E-state index contributed by atoms with van der Waals surface area (Å²) in [5, 5.41) is 15.5. The zero-order valence-electron chi connectivity index (χ0n) is 9.53. The Labute approximate surface area is 93.6 Å². The van der Waals surface area contributed by atoms with Crippen LogP contribution in [0, 0.1) is 0 Å². The fourth-order valence-electron chi connectivity index (χ4n) is 0.802. The molecule has 16 heavy (non-hydrogen) atoms. The highest BCUT2D eigenvalue weighted by atomic mass is 16.4. The van der Waals surface area contributed by atoms with Crippen molar-refractivity contribution in [1.82, 2.24) is 16.0 Å². The maximum Gasteiger partial charge on any atom is 0.321 e. The Kier molecular flexibility index (Phi) is 6.09. The number of carbonyl (C=O) groups excluding carboxylic acids is 2. The highest BCUT2D eigenvalue weighted by Crippen LogP contribution is 1.80. The number of carboxylic acids is 1. The van der Waals surface area contributed by atoms with Gasteiger partial charge in [0.1, 0.15) is 6.04 Å². The van der Waals surface area contributed by atoms with Crippen LogP contribution in [0.15, 0.2) is 0 Å². The molecule has 7 nitrogen and oxygen atoms in total. The van der Waals surface area contributed by atoms with Crippen molar-refractivity contribution >= 4 is 17.9 Å². The van der Waals surface area contributed by atoms with Crippen LogP contribution in [0.25, 0.3) is 0 Å². The molecule has 0 aromatic heterocycles. The Hall–Kier alpha value is -1.63. The molecule has 1 atom stereocenters. The molecule has 0 heterocycles. The van der Waals surface area contributed by atoms with Gasteiger partial charge in [-0.05, 0) is 20.8 Å². The first-order valence-electron chi connectivity index (χ1n) is 4.89. The van der Waals surface area contributed by atoms with Crippen molar-refractivity contribution in [3.05, 3.63) is 0 Å². The minimum atomic E-state index is -1.06. The standard InChI is InChI=1S/C9H17N3O4/c1-5(2)11-9(16)12-7(13)4-10-6(3)8(14)15/h5-6,10H,4H2,1-3H3,(H,14,15)(H2,11,12,13,16)/t6-/m1/s1. The van der Waals surface area contributed by atoms with Crippen LogP contribution in [0.2, 0.25) is 0 Å². The number of nitrogens with one attached hydrogen (secondary N) is 3. The summed E-state index contributed by atoms with van der Waals surface area (Å²) in [7, 11) is 0. The van der Waals surface area contributed by atoms with Gasteiger partial charge in [-0.1, -0.05) is 0 Å². The number of carbonyl (C=O) groups is 3. The van der Waals surface area contributed by atoms with Crippen molar-refractivity contribution in [2.45, 2.75) is 32.9 Å². The summed E-state index contributed by atoms with van der Waals surface area (Å²) < 4.78 is 0. The Bertz CT molecular complexity index is 278. The van der Waals surface area contributed by atoms with Crippen LogP contribution in [0.3, 0.4) is 0 Å². The summed E-state index contributed by atoms with van der Waals surface area (Å²) in [6.07, 6.45) is 0. The Morgan fingerprint density at radius 1 is 1.19 bits per heavy atom. The largest absolute Gasteiger partial charge is 0.480 e. The number of aliphatic carboxylic acids is 1. The number of urea groups is 1. The summed E-state index contributed by atoms with van der Waals surface area (Å²) in [4.78, 5) is 32.6. The summed E-state index contributed by atoms with van der Waals surface area (Å²) in [6.45, 7) is 4.70. The van der Waals surface area contributed by atoms with Crippen LogP contribution in [-0.2, 0) is 9.59 Å². The molecular formula is C9H17N3O4. The van der Waals surface area contributed by atoms with Gasteiger partial charge in [0.2, 0.25) is 5.91 Å². The number of carboxylic acid groups (broad SMARTS) is 1. The average Bonchev–Trinajstić information content (AvgIpc) is 2.12. The highest BCUT2D eigenvalue weighted by molar-refractivity contribution is 5.95. The van der Waals surface area contributed by atoms with E-state index in [-0.39, 0.29) is 12.6 Å². The SMILES string of the molecule is CC(C)NC(=O)NC(=O)CN[C@H](C)C(=O)O. The molecule has 0 bridgehead atoms. The number of rotatable bonds is 5. The summed E-state index contributed by atoms with van der Waals surface area (Å²) in [5.41, 5.74) is 0. The third kappa shape index (κ3) is 6.77. The molecular weight excluding hydrogens is 214 g/mol. The molecule has 0 saturated heterocycles. The second kappa shape index (κ2) is 6.78. The van der Waals surface area contributed by atoms with Crippen molar-refractivity contribution in [3.8, 4) is 0 Å². The minimum absolute atomic E-state index is 0.0706. The zero-order chi connectivity index (χ0) is 12.7. The molecule has 0 saturated carbocycles. The number of hydrogen-bond acceptors (Lipinski definition) is 4. The van der Waals surface area contributed by atoms with Crippen molar-refractivity contribution in [3.63, 3.8) is 0 Å². The molecule has 0 aliphatic carbocycles. The lowest BCUT2D eigenvalue weighted by Gasteiger charge is -2.11.